The van der Waals surface area contributed by atoms with Gasteiger partial charge in [0.25, 0.3) is 0 Å². The van der Waals surface area contributed by atoms with Crippen molar-refractivity contribution in [1.29, 1.82) is 0 Å². The highest BCUT2D eigenvalue weighted by Gasteiger charge is 2.40. The van der Waals surface area contributed by atoms with Gasteiger partial charge in [0.2, 0.25) is 10.0 Å². The van der Waals surface area contributed by atoms with Gasteiger partial charge in [-0.3, -0.25) is 9.59 Å². The number of carbonyl (C=O) groups excluding carboxylic acids is 2. The molecule has 10 nitrogen and oxygen atoms in total. The Morgan fingerprint density at radius 2 is 1.84 bits per heavy atom. The highest BCUT2D eigenvalue weighted by atomic mass is 32.2. The fraction of sp³-hybridized carbons (Fsp3) is 0.481. The molecule has 1 unspecified atom stereocenters. The summed E-state index contributed by atoms with van der Waals surface area (Å²) in [4.78, 5) is 25.5. The van der Waals surface area contributed by atoms with Gasteiger partial charge in [0.1, 0.15) is 24.1 Å². The molecule has 0 saturated carbocycles. The minimum absolute atomic E-state index is 0.00275. The van der Waals surface area contributed by atoms with E-state index < -0.39 is 33.9 Å². The number of benzene rings is 2. The first-order chi connectivity index (χ1) is 18.2. The zero-order valence-electron chi connectivity index (χ0n) is 21.9. The van der Waals surface area contributed by atoms with Crippen molar-refractivity contribution in [2.45, 2.75) is 50.0 Å². The fourth-order valence-electron chi connectivity index (χ4n) is 4.31. The summed E-state index contributed by atoms with van der Waals surface area (Å²) in [6, 6.07) is 10.5. The summed E-state index contributed by atoms with van der Waals surface area (Å²) in [5.74, 6) is -0.618. The number of aliphatic hydroxyl groups excluding tert-OH is 1. The van der Waals surface area contributed by atoms with Crippen LogP contribution in [0.3, 0.4) is 0 Å². The van der Waals surface area contributed by atoms with Crippen molar-refractivity contribution in [2.75, 3.05) is 40.1 Å². The second-order valence-corrected chi connectivity index (χ2v) is 10.8. The van der Waals surface area contributed by atoms with Crippen molar-refractivity contribution in [1.82, 2.24) is 4.31 Å². The Bertz CT molecular complexity index is 1200. The van der Waals surface area contributed by atoms with Crippen LogP contribution in [0, 0.1) is 6.92 Å². The number of hydrogen-bond acceptors (Lipinski definition) is 9. The zero-order chi connectivity index (χ0) is 27.7. The third kappa shape index (κ3) is 7.10. The first kappa shape index (κ1) is 29.6. The number of rotatable bonds is 13. The van der Waals surface area contributed by atoms with Gasteiger partial charge in [-0.05, 0) is 67.6 Å². The number of nitrogens with zero attached hydrogens (tertiary/aromatic N) is 1. The maximum absolute atomic E-state index is 13.4. The van der Waals surface area contributed by atoms with Crippen LogP contribution in [0.25, 0.3) is 0 Å². The summed E-state index contributed by atoms with van der Waals surface area (Å²) in [5, 5.41) is 8.72. The first-order valence-electron chi connectivity index (χ1n) is 12.6. The maximum atomic E-state index is 13.4. The van der Waals surface area contributed by atoms with Gasteiger partial charge < -0.3 is 24.1 Å². The number of ether oxygens (including phenoxy) is 4. The van der Waals surface area contributed by atoms with Crippen LogP contribution in [-0.4, -0.2) is 75.9 Å². The quantitative estimate of drug-likeness (QED) is 0.228. The summed E-state index contributed by atoms with van der Waals surface area (Å²) >= 11 is 0. The molecule has 0 spiro atoms. The number of hydrogen-bond donors (Lipinski definition) is 1. The molecule has 0 bridgehead atoms. The van der Waals surface area contributed by atoms with Crippen molar-refractivity contribution < 1.29 is 42.1 Å². The van der Waals surface area contributed by atoms with Crippen LogP contribution in [0.2, 0.25) is 0 Å². The van der Waals surface area contributed by atoms with Crippen molar-refractivity contribution >= 4 is 22.0 Å². The molecule has 0 amide bonds. The molecule has 1 aliphatic heterocycles. The maximum Gasteiger partial charge on any atom is 0.324 e. The summed E-state index contributed by atoms with van der Waals surface area (Å²) < 4.78 is 49.0. The van der Waals surface area contributed by atoms with E-state index >= 15 is 0 Å². The van der Waals surface area contributed by atoms with Crippen LogP contribution in [0.15, 0.2) is 47.4 Å². The standard InChI is InChI=1S/C27H35NO9S/c1-4-23(20-7-9-21(34-3)10-8-20)26(30)37-25-12-11-22(18-19(25)2)38(32,33)28-13-5-6-24(28)27(31)36-17-16-35-15-14-29/h7-12,18,23-24,29H,4-6,13-17H2,1-3H3/t23?,24-/m0/s1. The highest BCUT2D eigenvalue weighted by Crippen LogP contribution is 2.31. The zero-order valence-corrected chi connectivity index (χ0v) is 22.7. The topological polar surface area (TPSA) is 129 Å². The molecule has 3 rings (SSSR count). The van der Waals surface area contributed by atoms with E-state index in [1.54, 1.807) is 26.2 Å². The molecule has 1 heterocycles. The van der Waals surface area contributed by atoms with E-state index in [2.05, 4.69) is 0 Å². The third-order valence-electron chi connectivity index (χ3n) is 6.36. The lowest BCUT2D eigenvalue weighted by atomic mass is 9.96. The lowest BCUT2D eigenvalue weighted by molar-refractivity contribution is -0.149. The largest absolute Gasteiger partial charge is 0.497 e. The van der Waals surface area contributed by atoms with E-state index in [1.807, 2.05) is 19.1 Å². The van der Waals surface area contributed by atoms with E-state index in [-0.39, 0.29) is 43.6 Å². The summed E-state index contributed by atoms with van der Waals surface area (Å²) in [5.41, 5.74) is 1.27. The normalized spacial score (nSPS) is 16.7. The molecular weight excluding hydrogens is 514 g/mol. The summed E-state index contributed by atoms with van der Waals surface area (Å²) in [7, 11) is -2.42. The lowest BCUT2D eigenvalue weighted by Crippen LogP contribution is -2.41. The Balaban J connectivity index is 1.70. The number of aliphatic hydroxyl groups is 1. The molecule has 0 aromatic heterocycles. The van der Waals surface area contributed by atoms with Crippen molar-refractivity contribution in [3.8, 4) is 11.5 Å². The fourth-order valence-corrected chi connectivity index (χ4v) is 6.05. The molecule has 2 atom stereocenters. The number of esters is 2. The Morgan fingerprint density at radius 1 is 1.11 bits per heavy atom. The molecule has 2 aromatic rings. The van der Waals surface area contributed by atoms with Gasteiger partial charge in [-0.15, -0.1) is 0 Å². The number of sulfonamides is 1. The lowest BCUT2D eigenvalue weighted by Gasteiger charge is -2.23. The first-order valence-corrected chi connectivity index (χ1v) is 14.0. The molecular formula is C27H35NO9S. The van der Waals surface area contributed by atoms with Crippen LogP contribution in [0.5, 0.6) is 11.5 Å². The molecule has 0 aliphatic carbocycles. The van der Waals surface area contributed by atoms with Crippen molar-refractivity contribution in [3.63, 3.8) is 0 Å². The highest BCUT2D eigenvalue weighted by molar-refractivity contribution is 7.89. The Kier molecular flexibility index (Phi) is 10.7. The molecule has 2 aromatic carbocycles. The van der Waals surface area contributed by atoms with Gasteiger partial charge in [0, 0.05) is 6.54 Å². The third-order valence-corrected chi connectivity index (χ3v) is 8.26. The van der Waals surface area contributed by atoms with Crippen LogP contribution in [0.1, 0.15) is 43.2 Å². The number of methoxy groups -OCH3 is 1. The molecule has 208 valence electrons. The predicted molar refractivity (Wildman–Crippen MR) is 139 cm³/mol. The van der Waals surface area contributed by atoms with Crippen LogP contribution in [0.4, 0.5) is 0 Å². The van der Waals surface area contributed by atoms with Crippen LogP contribution in [-0.2, 0) is 29.1 Å². The van der Waals surface area contributed by atoms with Crippen LogP contribution >= 0.6 is 0 Å². The number of aryl methyl sites for hydroxylation is 1. The Hall–Kier alpha value is -2.99. The number of carbonyl (C=O) groups is 2. The van der Waals surface area contributed by atoms with E-state index in [0.29, 0.717) is 30.6 Å². The molecule has 11 heteroatoms. The molecule has 1 aliphatic rings. The Labute approximate surface area is 223 Å². The van der Waals surface area contributed by atoms with Gasteiger partial charge in [0.15, 0.2) is 0 Å². The molecule has 1 saturated heterocycles. The van der Waals surface area contributed by atoms with Gasteiger partial charge in [-0.25, -0.2) is 8.42 Å². The monoisotopic (exact) mass is 549 g/mol. The van der Waals surface area contributed by atoms with E-state index in [4.69, 9.17) is 24.1 Å². The van der Waals surface area contributed by atoms with E-state index in [9.17, 15) is 18.0 Å². The predicted octanol–water partition coefficient (Wildman–Crippen LogP) is 2.81. The Morgan fingerprint density at radius 3 is 2.47 bits per heavy atom. The van der Waals surface area contributed by atoms with Crippen molar-refractivity contribution in [3.05, 3.63) is 53.6 Å². The average Bonchev–Trinajstić information content (AvgIpc) is 3.42. The van der Waals surface area contributed by atoms with Crippen LogP contribution < -0.4 is 9.47 Å². The molecule has 0 radical (unpaired) electrons. The second-order valence-electron chi connectivity index (χ2n) is 8.86. The average molecular weight is 550 g/mol. The molecule has 38 heavy (non-hydrogen) atoms. The minimum Gasteiger partial charge on any atom is -0.497 e. The van der Waals surface area contributed by atoms with Gasteiger partial charge >= 0.3 is 11.9 Å². The van der Waals surface area contributed by atoms with Gasteiger partial charge in [-0.1, -0.05) is 19.1 Å². The SMILES string of the molecule is CCC(C(=O)Oc1ccc(S(=O)(=O)N2CCC[C@H]2C(=O)OCCOCCO)cc1C)c1ccc(OC)cc1. The smallest absolute Gasteiger partial charge is 0.324 e. The summed E-state index contributed by atoms with van der Waals surface area (Å²) in [6.45, 7) is 3.82. The van der Waals surface area contributed by atoms with Gasteiger partial charge in [-0.2, -0.15) is 4.31 Å². The van der Waals surface area contributed by atoms with E-state index in [0.717, 1.165) is 9.87 Å². The molecule has 1 fully saturated rings. The van der Waals surface area contributed by atoms with E-state index in [1.165, 1.54) is 18.2 Å². The summed E-state index contributed by atoms with van der Waals surface area (Å²) in [6.07, 6.45) is 1.41. The molecule has 1 N–H and O–H groups in total. The van der Waals surface area contributed by atoms with Crippen molar-refractivity contribution in [2.24, 2.45) is 0 Å². The minimum atomic E-state index is -3.99. The second kappa shape index (κ2) is 13.7. The van der Waals surface area contributed by atoms with Gasteiger partial charge in [0.05, 0.1) is 37.7 Å².